The number of methoxy groups -OCH3 is 2. The number of carbonyl (C=O) groups is 2. The number of hydrogen-bond acceptors (Lipinski definition) is 6. The molecular weight excluding hydrogens is 424 g/mol. The summed E-state index contributed by atoms with van der Waals surface area (Å²) in [5.74, 6) is -1.27. The zero-order valence-corrected chi connectivity index (χ0v) is 18.1. The number of fused-ring (bicyclic) bond motifs is 2. The molecule has 8 nitrogen and oxygen atoms in total. The van der Waals surface area contributed by atoms with E-state index >= 15 is 0 Å². The summed E-state index contributed by atoms with van der Waals surface area (Å²) in [6.07, 6.45) is 1.76. The number of amides is 1. The Morgan fingerprint density at radius 1 is 1.18 bits per heavy atom. The number of benzene rings is 2. The SMILES string of the molecule is COCCN1C(=O)C(O)=C(C(=O)c2cc3cccc(OC)c3o2)C1c1c[nH]c2ccccc12. The number of hydrogen-bond donors (Lipinski definition) is 2. The van der Waals surface area contributed by atoms with Crippen molar-refractivity contribution in [2.75, 3.05) is 27.4 Å². The van der Waals surface area contributed by atoms with Crippen LogP contribution in [0.1, 0.15) is 22.2 Å². The lowest BCUT2D eigenvalue weighted by Gasteiger charge is -2.25. The fourth-order valence-corrected chi connectivity index (χ4v) is 4.39. The number of furan rings is 1. The summed E-state index contributed by atoms with van der Waals surface area (Å²) < 4.78 is 16.3. The number of aliphatic hydroxyl groups excluding tert-OH is 1. The first-order chi connectivity index (χ1) is 16.0. The van der Waals surface area contributed by atoms with Gasteiger partial charge in [-0.2, -0.15) is 0 Å². The van der Waals surface area contributed by atoms with Gasteiger partial charge in [0.25, 0.3) is 5.91 Å². The molecule has 1 atom stereocenters. The summed E-state index contributed by atoms with van der Waals surface area (Å²) in [4.78, 5) is 31.3. The third kappa shape index (κ3) is 3.27. The Kier molecular flexibility index (Phi) is 5.14. The molecule has 2 N–H and O–H groups in total. The van der Waals surface area contributed by atoms with Crippen LogP contribution < -0.4 is 4.74 Å². The summed E-state index contributed by atoms with van der Waals surface area (Å²) in [5.41, 5.74) is 1.96. The van der Waals surface area contributed by atoms with Gasteiger partial charge in [0.2, 0.25) is 5.78 Å². The number of aliphatic hydroxyl groups is 1. The van der Waals surface area contributed by atoms with Gasteiger partial charge in [-0.1, -0.05) is 30.3 Å². The van der Waals surface area contributed by atoms with Crippen LogP contribution in [0, 0.1) is 0 Å². The normalized spacial score (nSPS) is 16.4. The minimum absolute atomic E-state index is 0.0160. The standard InChI is InChI=1S/C25H22N2O6/c1-31-11-10-27-21(16-13-26-17-8-4-3-7-15(16)17)20(23(29)25(27)30)22(28)19-12-14-6-5-9-18(32-2)24(14)33-19/h3-9,12-13,21,26,29H,10-11H2,1-2H3. The molecule has 0 saturated heterocycles. The molecule has 0 fully saturated rings. The van der Waals surface area contributed by atoms with Gasteiger partial charge in [-0.3, -0.25) is 9.59 Å². The second-order valence-electron chi connectivity index (χ2n) is 7.76. The highest BCUT2D eigenvalue weighted by Gasteiger charge is 2.45. The van der Waals surface area contributed by atoms with Crippen LogP contribution >= 0.6 is 0 Å². The molecule has 4 aromatic rings. The maximum absolute atomic E-state index is 13.7. The first-order valence-electron chi connectivity index (χ1n) is 10.5. The van der Waals surface area contributed by atoms with Crippen molar-refractivity contribution in [2.45, 2.75) is 6.04 Å². The lowest BCUT2D eigenvalue weighted by Crippen LogP contribution is -2.33. The van der Waals surface area contributed by atoms with Crippen molar-refractivity contribution in [2.24, 2.45) is 0 Å². The number of Topliss-reactive ketones (excluding diaryl/α,β-unsaturated/α-hetero) is 1. The number of rotatable bonds is 7. The summed E-state index contributed by atoms with van der Waals surface area (Å²) in [5, 5.41) is 12.4. The number of carbonyl (C=O) groups excluding carboxylic acids is 2. The number of H-pyrrole nitrogens is 1. The molecular formula is C25H22N2O6. The molecule has 1 aliphatic rings. The monoisotopic (exact) mass is 446 g/mol. The number of para-hydroxylation sites is 2. The average molecular weight is 446 g/mol. The quantitative estimate of drug-likeness (QED) is 0.413. The Bertz CT molecular complexity index is 1410. The first-order valence-corrected chi connectivity index (χ1v) is 10.5. The van der Waals surface area contributed by atoms with Crippen molar-refractivity contribution in [3.8, 4) is 5.75 Å². The Balaban J connectivity index is 1.65. The van der Waals surface area contributed by atoms with Gasteiger partial charge in [-0.15, -0.1) is 0 Å². The minimum atomic E-state index is -0.800. The van der Waals surface area contributed by atoms with Gasteiger partial charge in [-0.25, -0.2) is 0 Å². The van der Waals surface area contributed by atoms with E-state index in [9.17, 15) is 14.7 Å². The van der Waals surface area contributed by atoms with Gasteiger partial charge in [0.05, 0.1) is 25.3 Å². The number of nitrogens with zero attached hydrogens (tertiary/aromatic N) is 1. The van der Waals surface area contributed by atoms with Crippen LogP contribution in [0.4, 0.5) is 0 Å². The largest absolute Gasteiger partial charge is 0.503 e. The van der Waals surface area contributed by atoms with E-state index in [0.717, 1.165) is 10.9 Å². The number of ketones is 1. The highest BCUT2D eigenvalue weighted by molar-refractivity contribution is 6.16. The number of nitrogens with one attached hydrogen (secondary N) is 1. The van der Waals surface area contributed by atoms with Crippen LogP contribution in [0.5, 0.6) is 5.75 Å². The fourth-order valence-electron chi connectivity index (χ4n) is 4.39. The minimum Gasteiger partial charge on any atom is -0.503 e. The van der Waals surface area contributed by atoms with E-state index < -0.39 is 23.5 Å². The van der Waals surface area contributed by atoms with E-state index in [1.165, 1.54) is 19.1 Å². The van der Waals surface area contributed by atoms with E-state index in [1.807, 2.05) is 24.3 Å². The second kappa shape index (κ2) is 8.14. The molecule has 168 valence electrons. The highest BCUT2D eigenvalue weighted by Crippen LogP contribution is 2.42. The summed E-state index contributed by atoms with van der Waals surface area (Å²) in [6.45, 7) is 0.454. The van der Waals surface area contributed by atoms with E-state index in [2.05, 4.69) is 4.98 Å². The molecule has 0 aliphatic carbocycles. The molecule has 0 bridgehead atoms. The maximum Gasteiger partial charge on any atom is 0.290 e. The highest BCUT2D eigenvalue weighted by atomic mass is 16.5. The topological polar surface area (TPSA) is 105 Å². The van der Waals surface area contributed by atoms with Gasteiger partial charge in [0.1, 0.15) is 0 Å². The van der Waals surface area contributed by atoms with Crippen molar-refractivity contribution in [1.82, 2.24) is 9.88 Å². The van der Waals surface area contributed by atoms with Gasteiger partial charge >= 0.3 is 0 Å². The molecule has 2 aromatic heterocycles. The predicted molar refractivity (Wildman–Crippen MR) is 121 cm³/mol. The first kappa shape index (κ1) is 20.8. The molecule has 5 rings (SSSR count). The van der Waals surface area contributed by atoms with E-state index in [-0.39, 0.29) is 24.5 Å². The zero-order chi connectivity index (χ0) is 23.1. The predicted octanol–water partition coefficient (Wildman–Crippen LogP) is 4.15. The summed E-state index contributed by atoms with van der Waals surface area (Å²) >= 11 is 0. The van der Waals surface area contributed by atoms with Crippen LogP contribution in [-0.2, 0) is 9.53 Å². The van der Waals surface area contributed by atoms with Crippen molar-refractivity contribution >= 4 is 33.6 Å². The lowest BCUT2D eigenvalue weighted by molar-refractivity contribution is -0.130. The van der Waals surface area contributed by atoms with Crippen LogP contribution in [0.2, 0.25) is 0 Å². The molecule has 33 heavy (non-hydrogen) atoms. The molecule has 0 spiro atoms. The molecule has 1 amide bonds. The molecule has 1 unspecified atom stereocenters. The average Bonchev–Trinajstić information content (AvgIpc) is 3.52. The van der Waals surface area contributed by atoms with Gasteiger partial charge < -0.3 is 28.9 Å². The van der Waals surface area contributed by atoms with Crippen LogP contribution in [-0.4, -0.2) is 54.1 Å². The van der Waals surface area contributed by atoms with E-state index in [0.29, 0.717) is 22.3 Å². The van der Waals surface area contributed by atoms with Gasteiger partial charge in [-0.05, 0) is 18.2 Å². The van der Waals surface area contributed by atoms with Crippen molar-refractivity contribution in [1.29, 1.82) is 0 Å². The van der Waals surface area contributed by atoms with E-state index in [1.54, 1.807) is 30.5 Å². The Labute approximate surface area is 189 Å². The van der Waals surface area contributed by atoms with Crippen molar-refractivity contribution < 1.29 is 28.6 Å². The molecule has 0 radical (unpaired) electrons. The smallest absolute Gasteiger partial charge is 0.290 e. The number of aromatic nitrogens is 1. The van der Waals surface area contributed by atoms with Crippen LogP contribution in [0.15, 0.2) is 70.5 Å². The molecule has 3 heterocycles. The third-order valence-electron chi connectivity index (χ3n) is 5.95. The Morgan fingerprint density at radius 3 is 2.79 bits per heavy atom. The van der Waals surface area contributed by atoms with Crippen LogP contribution in [0.25, 0.3) is 21.9 Å². The second-order valence-corrected chi connectivity index (χ2v) is 7.76. The van der Waals surface area contributed by atoms with Crippen molar-refractivity contribution in [3.05, 3.63) is 77.4 Å². The van der Waals surface area contributed by atoms with Crippen LogP contribution in [0.3, 0.4) is 0 Å². The fraction of sp³-hybridized carbons (Fsp3) is 0.200. The summed E-state index contributed by atoms with van der Waals surface area (Å²) in [6, 6.07) is 13.7. The third-order valence-corrected chi connectivity index (χ3v) is 5.95. The number of ether oxygens (including phenoxy) is 2. The zero-order valence-electron chi connectivity index (χ0n) is 18.1. The maximum atomic E-state index is 13.7. The molecule has 1 aliphatic heterocycles. The Hall–Kier alpha value is -4.04. The molecule has 8 heteroatoms. The Morgan fingerprint density at radius 2 is 2.00 bits per heavy atom. The van der Waals surface area contributed by atoms with Crippen molar-refractivity contribution in [3.63, 3.8) is 0 Å². The number of aromatic amines is 1. The molecule has 2 aromatic carbocycles. The van der Waals surface area contributed by atoms with Gasteiger partial charge in [0.15, 0.2) is 22.9 Å². The van der Waals surface area contributed by atoms with E-state index in [4.69, 9.17) is 13.9 Å². The lowest BCUT2D eigenvalue weighted by atomic mass is 9.94. The van der Waals surface area contributed by atoms with Gasteiger partial charge in [0, 0.05) is 41.7 Å². The summed E-state index contributed by atoms with van der Waals surface area (Å²) in [7, 11) is 3.05. The molecule has 0 saturated carbocycles.